The Morgan fingerprint density at radius 2 is 1.75 bits per heavy atom. The van der Waals surface area contributed by atoms with Crippen LogP contribution in [0.5, 0.6) is 0 Å². The average molecular weight is 941 g/mol. The first-order valence-electron chi connectivity index (χ1n) is 22.6. The molecule has 4 heterocycles. The summed E-state index contributed by atoms with van der Waals surface area (Å²) in [5, 5.41) is 25.6. The normalized spacial score (nSPS) is 17.7. The number of cyclic esters (lactones) is 1. The van der Waals surface area contributed by atoms with Crippen molar-refractivity contribution in [2.45, 2.75) is 130 Å². The Balaban J connectivity index is 1.05. The van der Waals surface area contributed by atoms with Gasteiger partial charge < -0.3 is 56.2 Å². The number of amides is 6. The van der Waals surface area contributed by atoms with Crippen molar-refractivity contribution < 1.29 is 52.5 Å². The molecule has 3 aliphatic rings. The molecule has 8 N–H and O–H groups in total. The molecule has 0 radical (unpaired) electrons. The minimum atomic E-state index is -2.04. The molecule has 4 atom stereocenters. The number of halogens is 1. The van der Waals surface area contributed by atoms with Crippen LogP contribution in [0.1, 0.15) is 112 Å². The molecule has 2 aromatic heterocycles. The lowest BCUT2D eigenvalue weighted by atomic mass is 9.81. The number of primary amides is 1. The molecule has 6 amide bonds. The van der Waals surface area contributed by atoms with E-state index in [0.29, 0.717) is 63.1 Å². The molecule has 0 saturated heterocycles. The number of aromatic nitrogens is 2. The number of aryl methyl sites for hydroxylation is 1. The van der Waals surface area contributed by atoms with Crippen LogP contribution in [0, 0.1) is 18.7 Å². The number of ether oxygens (including phenoxy) is 3. The monoisotopic (exact) mass is 940 g/mol. The van der Waals surface area contributed by atoms with E-state index in [1.54, 1.807) is 78.8 Å². The fourth-order valence-electron chi connectivity index (χ4n) is 8.96. The molecule has 1 aliphatic carbocycles. The van der Waals surface area contributed by atoms with Gasteiger partial charge in [0.25, 0.3) is 5.56 Å². The SMILES string of the molecule is CC[C@@]1(O)C(=O)OCc2c1cc1n(c2=O)Cc2c-1nc1cc(F)c(C)c3c1c2[C@@H](NC(=O)OCc1ccc(NC(=O)[C@H](CCCNC(N)=O)NC(=O)[C@@H](NC(=O)OC(C)(C)C)C(C)C)cc1)CC3. The van der Waals surface area contributed by atoms with Crippen molar-refractivity contribution in [2.24, 2.45) is 11.7 Å². The molecule has 0 fully saturated rings. The third-order valence-electron chi connectivity index (χ3n) is 12.5. The van der Waals surface area contributed by atoms with Crippen LogP contribution >= 0.6 is 0 Å². The Morgan fingerprint density at radius 1 is 1.03 bits per heavy atom. The number of rotatable bonds is 14. The third kappa shape index (κ3) is 9.95. The fourth-order valence-corrected chi connectivity index (χ4v) is 8.96. The van der Waals surface area contributed by atoms with Gasteiger partial charge in [0.05, 0.1) is 35.1 Å². The highest BCUT2D eigenvalue weighted by molar-refractivity contribution is 5.98. The number of aliphatic hydroxyl groups is 1. The van der Waals surface area contributed by atoms with Gasteiger partial charge in [-0.3, -0.25) is 14.4 Å². The fraction of sp³-hybridized carbons (Fsp3) is 0.458. The van der Waals surface area contributed by atoms with Crippen LogP contribution in [-0.4, -0.2) is 74.9 Å². The Bertz CT molecular complexity index is 2770. The van der Waals surface area contributed by atoms with Crippen molar-refractivity contribution in [3.05, 3.63) is 91.5 Å². The Hall–Kier alpha value is -7.09. The number of carbonyl (C=O) groups excluding carboxylic acids is 6. The van der Waals surface area contributed by atoms with E-state index < -0.39 is 76.7 Å². The van der Waals surface area contributed by atoms with E-state index in [9.17, 15) is 38.7 Å². The maximum Gasteiger partial charge on any atom is 0.408 e. The maximum absolute atomic E-state index is 15.4. The van der Waals surface area contributed by atoms with Crippen LogP contribution in [0.15, 0.2) is 41.2 Å². The van der Waals surface area contributed by atoms with Gasteiger partial charge in [-0.2, -0.15) is 0 Å². The lowest BCUT2D eigenvalue weighted by Crippen LogP contribution is -2.55. The van der Waals surface area contributed by atoms with Gasteiger partial charge >= 0.3 is 24.2 Å². The molecule has 0 saturated carbocycles. The highest BCUT2D eigenvalue weighted by Crippen LogP contribution is 2.46. The summed E-state index contributed by atoms with van der Waals surface area (Å²) >= 11 is 0. The quantitative estimate of drug-likeness (QED) is 0.0447. The zero-order chi connectivity index (χ0) is 49.4. The van der Waals surface area contributed by atoms with Gasteiger partial charge in [-0.05, 0) is 106 Å². The number of benzene rings is 2. The predicted octanol–water partition coefficient (Wildman–Crippen LogP) is 4.86. The number of nitrogens with one attached hydrogen (secondary N) is 5. The second kappa shape index (κ2) is 19.3. The number of anilines is 1. The zero-order valence-electron chi connectivity index (χ0n) is 39.0. The molecule has 2 aliphatic heterocycles. The molecule has 7 rings (SSSR count). The summed E-state index contributed by atoms with van der Waals surface area (Å²) in [6.45, 7) is 11.6. The molecular formula is C48H57FN8O11. The van der Waals surface area contributed by atoms with Crippen LogP contribution in [0.4, 0.5) is 24.5 Å². The molecule has 362 valence electrons. The first kappa shape index (κ1) is 48.8. The summed E-state index contributed by atoms with van der Waals surface area (Å²) in [5.41, 5.74) is 6.71. The Labute approximate surface area is 391 Å². The second-order valence-electron chi connectivity index (χ2n) is 18.7. The molecule has 0 unspecified atom stereocenters. The van der Waals surface area contributed by atoms with E-state index >= 15 is 4.39 Å². The van der Waals surface area contributed by atoms with Crippen LogP contribution < -0.4 is 37.9 Å². The van der Waals surface area contributed by atoms with Crippen LogP contribution in [0.25, 0.3) is 22.3 Å². The van der Waals surface area contributed by atoms with E-state index in [1.807, 2.05) is 0 Å². The molecule has 4 aromatic rings. The topological polar surface area (TPSA) is 271 Å². The highest BCUT2D eigenvalue weighted by atomic mass is 19.1. The largest absolute Gasteiger partial charge is 0.458 e. The van der Waals surface area contributed by atoms with Gasteiger partial charge in [-0.1, -0.05) is 32.9 Å². The summed E-state index contributed by atoms with van der Waals surface area (Å²) in [5.74, 6) is -2.85. The number of fused-ring (bicyclic) bond motifs is 5. The summed E-state index contributed by atoms with van der Waals surface area (Å²) in [6.07, 6.45) is -0.373. The van der Waals surface area contributed by atoms with Crippen molar-refractivity contribution in [2.75, 3.05) is 11.9 Å². The van der Waals surface area contributed by atoms with Gasteiger partial charge in [0, 0.05) is 34.8 Å². The average Bonchev–Trinajstić information content (AvgIpc) is 3.64. The zero-order valence-corrected chi connectivity index (χ0v) is 39.0. The second-order valence-corrected chi connectivity index (χ2v) is 18.7. The lowest BCUT2D eigenvalue weighted by Gasteiger charge is -2.31. The third-order valence-corrected chi connectivity index (χ3v) is 12.5. The highest BCUT2D eigenvalue weighted by Gasteiger charge is 2.46. The van der Waals surface area contributed by atoms with Gasteiger partial charge in [0.15, 0.2) is 5.60 Å². The Morgan fingerprint density at radius 3 is 2.41 bits per heavy atom. The number of hydrogen-bond donors (Lipinski definition) is 7. The molecule has 68 heavy (non-hydrogen) atoms. The van der Waals surface area contributed by atoms with E-state index in [1.165, 1.54) is 10.6 Å². The van der Waals surface area contributed by atoms with Crippen molar-refractivity contribution in [1.82, 2.24) is 30.8 Å². The number of pyridine rings is 2. The number of esters is 1. The first-order valence-corrected chi connectivity index (χ1v) is 22.6. The molecule has 19 nitrogen and oxygen atoms in total. The van der Waals surface area contributed by atoms with Gasteiger partial charge in [0.1, 0.15) is 36.7 Å². The van der Waals surface area contributed by atoms with Crippen molar-refractivity contribution in [3.8, 4) is 11.4 Å². The summed E-state index contributed by atoms with van der Waals surface area (Å²) in [7, 11) is 0. The van der Waals surface area contributed by atoms with Crippen LogP contribution in [0.2, 0.25) is 0 Å². The smallest absolute Gasteiger partial charge is 0.408 e. The van der Waals surface area contributed by atoms with Crippen molar-refractivity contribution >= 4 is 52.6 Å². The number of hydrogen-bond acceptors (Lipinski definition) is 12. The van der Waals surface area contributed by atoms with Crippen molar-refractivity contribution in [3.63, 3.8) is 0 Å². The van der Waals surface area contributed by atoms with E-state index in [-0.39, 0.29) is 62.6 Å². The first-order chi connectivity index (χ1) is 32.1. The standard InChI is InChI=1S/C48H57FN8O11/c1-8-48(65)30-18-35-39-28(20-57(35)42(60)29(30)22-66-43(48)61)37-32(16-15-27-24(4)31(49)19-34(53-39)36(27)37)55-45(63)67-21-25-11-13-26(14-12-25)52-40(58)33(10-9-17-51-44(50)62)54-41(59)38(23(2)3)56-46(64)68-47(5,6)7/h11-14,18-19,23,32-33,38,65H,8-10,15-17,20-22H2,1-7H3,(H,52,58)(H,54,59)(H,55,63)(H,56,64)(H3,50,51,62)/t32-,33-,38-,48-/m0/s1. The lowest BCUT2D eigenvalue weighted by molar-refractivity contribution is -0.172. The van der Waals surface area contributed by atoms with E-state index in [0.717, 1.165) is 5.56 Å². The van der Waals surface area contributed by atoms with E-state index in [4.69, 9.17) is 24.9 Å². The molecule has 0 bridgehead atoms. The molecule has 0 spiro atoms. The van der Waals surface area contributed by atoms with Gasteiger partial charge in [0.2, 0.25) is 11.8 Å². The van der Waals surface area contributed by atoms with Gasteiger partial charge in [-0.25, -0.2) is 28.6 Å². The number of carbonyl (C=O) groups is 6. The summed E-state index contributed by atoms with van der Waals surface area (Å²) in [6, 6.07) is 5.93. The molecular weight excluding hydrogens is 884 g/mol. The van der Waals surface area contributed by atoms with Crippen molar-refractivity contribution in [1.29, 1.82) is 0 Å². The predicted molar refractivity (Wildman–Crippen MR) is 245 cm³/mol. The summed E-state index contributed by atoms with van der Waals surface area (Å²) in [4.78, 5) is 96.0. The maximum atomic E-state index is 15.4. The molecule has 20 heteroatoms. The van der Waals surface area contributed by atoms with Gasteiger partial charge in [-0.15, -0.1) is 0 Å². The number of nitrogens with zero attached hydrogens (tertiary/aromatic N) is 2. The minimum Gasteiger partial charge on any atom is -0.458 e. The number of urea groups is 1. The van der Waals surface area contributed by atoms with E-state index in [2.05, 4.69) is 26.6 Å². The minimum absolute atomic E-state index is 0.0345. The van der Waals surface area contributed by atoms with Crippen LogP contribution in [-0.2, 0) is 60.4 Å². The van der Waals surface area contributed by atoms with Crippen LogP contribution in [0.3, 0.4) is 0 Å². The number of alkyl carbamates (subject to hydrolysis) is 2. The number of nitrogens with two attached hydrogens (primary N) is 1. The Kier molecular flexibility index (Phi) is 13.8. The molecule has 2 aromatic carbocycles. The summed E-state index contributed by atoms with van der Waals surface area (Å²) < 4.78 is 33.1.